The number of nitrogen functional groups attached to an aromatic ring is 1. The molecule has 1 aromatic rings. The minimum Gasteiger partial charge on any atom is -0.399 e. The molecule has 4 N–H and O–H groups in total. The number of anilines is 1. The quantitative estimate of drug-likeness (QED) is 0.673. The van der Waals surface area contributed by atoms with Gasteiger partial charge in [0.2, 0.25) is 0 Å². The minimum absolute atomic E-state index is 0.109. The third-order valence-corrected chi connectivity index (χ3v) is 3.03. The lowest BCUT2D eigenvalue weighted by atomic mass is 10.0. The van der Waals surface area contributed by atoms with Gasteiger partial charge < -0.3 is 16.2 Å². The number of aryl methyl sites for hydroxylation is 1. The molecule has 0 saturated carbocycles. The number of benzene rings is 1. The molecular weight excluding hydrogens is 228 g/mol. The summed E-state index contributed by atoms with van der Waals surface area (Å²) in [6, 6.07) is 5.32. The maximum Gasteiger partial charge on any atom is 0.251 e. The summed E-state index contributed by atoms with van der Waals surface area (Å²) in [5, 5.41) is 11.8. The molecule has 0 fully saturated rings. The van der Waals surface area contributed by atoms with Crippen molar-refractivity contribution < 1.29 is 9.90 Å². The maximum atomic E-state index is 11.9. The molecule has 0 aromatic heterocycles. The number of nitrogens with two attached hydrogens (primary N) is 1. The third kappa shape index (κ3) is 4.37. The maximum absolute atomic E-state index is 11.9. The van der Waals surface area contributed by atoms with E-state index in [-0.39, 0.29) is 12.5 Å². The third-order valence-electron chi connectivity index (χ3n) is 3.03. The average molecular weight is 250 g/mol. The lowest BCUT2D eigenvalue weighted by Gasteiger charge is -2.14. The summed E-state index contributed by atoms with van der Waals surface area (Å²) in [5.74, 6) is 0.211. The molecule has 100 valence electrons. The molecule has 0 bridgehead atoms. The van der Waals surface area contributed by atoms with Crippen molar-refractivity contribution in [1.82, 2.24) is 5.32 Å². The molecule has 4 heteroatoms. The minimum atomic E-state index is -0.109. The number of aliphatic hydroxyl groups is 1. The number of nitrogens with one attached hydrogen (secondary N) is 1. The number of aliphatic hydroxyl groups excluding tert-OH is 1. The number of carbonyl (C=O) groups is 1. The van der Waals surface area contributed by atoms with Crippen LogP contribution in [0.3, 0.4) is 0 Å². The van der Waals surface area contributed by atoms with E-state index in [0.717, 1.165) is 12.0 Å². The summed E-state index contributed by atoms with van der Waals surface area (Å²) < 4.78 is 0. The molecule has 1 unspecified atom stereocenters. The van der Waals surface area contributed by atoms with Crippen LogP contribution in [0.2, 0.25) is 0 Å². The smallest absolute Gasteiger partial charge is 0.251 e. The Bertz CT molecular complexity index is 385. The van der Waals surface area contributed by atoms with Crippen LogP contribution in [-0.2, 0) is 0 Å². The largest absolute Gasteiger partial charge is 0.399 e. The van der Waals surface area contributed by atoms with Crippen molar-refractivity contribution in [2.75, 3.05) is 18.9 Å². The van der Waals surface area contributed by atoms with Gasteiger partial charge in [-0.15, -0.1) is 0 Å². The second-order valence-electron chi connectivity index (χ2n) is 4.63. The fourth-order valence-corrected chi connectivity index (χ4v) is 1.92. The zero-order valence-electron chi connectivity index (χ0n) is 11.1. The Balaban J connectivity index is 2.59. The molecule has 4 nitrogen and oxygen atoms in total. The van der Waals surface area contributed by atoms with E-state index in [1.165, 1.54) is 0 Å². The molecule has 0 aliphatic rings. The molecule has 1 atom stereocenters. The van der Waals surface area contributed by atoms with Crippen molar-refractivity contribution in [3.05, 3.63) is 29.3 Å². The van der Waals surface area contributed by atoms with Gasteiger partial charge in [-0.2, -0.15) is 0 Å². The normalized spacial score (nSPS) is 12.2. The first kappa shape index (κ1) is 14.5. The molecule has 1 rings (SSSR count). The van der Waals surface area contributed by atoms with Gasteiger partial charge in [-0.3, -0.25) is 4.79 Å². The fourth-order valence-electron chi connectivity index (χ4n) is 1.92. The first-order valence-corrected chi connectivity index (χ1v) is 6.33. The molecule has 0 spiro atoms. The summed E-state index contributed by atoms with van der Waals surface area (Å²) in [5.41, 5.74) is 7.88. The predicted molar refractivity (Wildman–Crippen MR) is 73.4 cm³/mol. The number of rotatable bonds is 6. The van der Waals surface area contributed by atoms with Gasteiger partial charge in [-0.25, -0.2) is 0 Å². The highest BCUT2D eigenvalue weighted by atomic mass is 16.3. The van der Waals surface area contributed by atoms with Crippen LogP contribution in [0.25, 0.3) is 0 Å². The van der Waals surface area contributed by atoms with Gasteiger partial charge >= 0.3 is 0 Å². The molecule has 0 aliphatic carbocycles. The zero-order valence-corrected chi connectivity index (χ0v) is 11.1. The van der Waals surface area contributed by atoms with Crippen LogP contribution in [0, 0.1) is 12.8 Å². The van der Waals surface area contributed by atoms with Gasteiger partial charge in [0.05, 0.1) is 0 Å². The summed E-state index contributed by atoms with van der Waals surface area (Å²) in [6.07, 6.45) is 1.66. The van der Waals surface area contributed by atoms with Gasteiger partial charge in [-0.05, 0) is 43.0 Å². The van der Waals surface area contributed by atoms with Gasteiger partial charge in [0.25, 0.3) is 5.91 Å². The summed E-state index contributed by atoms with van der Waals surface area (Å²) in [4.78, 5) is 11.9. The lowest BCUT2D eigenvalue weighted by Crippen LogP contribution is -2.29. The zero-order chi connectivity index (χ0) is 13.5. The molecule has 18 heavy (non-hydrogen) atoms. The van der Waals surface area contributed by atoms with E-state index in [2.05, 4.69) is 12.2 Å². The van der Waals surface area contributed by atoms with Crippen LogP contribution < -0.4 is 11.1 Å². The SMILES string of the molecule is CCC(CCO)CNC(=O)c1cc(C)cc(N)c1. The van der Waals surface area contributed by atoms with Crippen LogP contribution >= 0.6 is 0 Å². The van der Waals surface area contributed by atoms with Crippen molar-refractivity contribution >= 4 is 11.6 Å². The molecular formula is C14H22N2O2. The van der Waals surface area contributed by atoms with Crippen LogP contribution in [0.1, 0.15) is 35.7 Å². The number of hydrogen-bond donors (Lipinski definition) is 3. The van der Waals surface area contributed by atoms with E-state index in [1.807, 2.05) is 19.1 Å². The molecule has 1 amide bonds. The topological polar surface area (TPSA) is 75.3 Å². The van der Waals surface area contributed by atoms with Crippen molar-refractivity contribution in [3.63, 3.8) is 0 Å². The van der Waals surface area contributed by atoms with Crippen molar-refractivity contribution in [1.29, 1.82) is 0 Å². The van der Waals surface area contributed by atoms with Crippen LogP contribution in [0.5, 0.6) is 0 Å². The molecule has 1 aromatic carbocycles. The standard InChI is InChI=1S/C14H22N2O2/c1-3-11(4-5-17)9-16-14(18)12-6-10(2)7-13(15)8-12/h6-8,11,17H,3-5,9,15H2,1-2H3,(H,16,18). The Morgan fingerprint density at radius 2 is 2.17 bits per heavy atom. The highest BCUT2D eigenvalue weighted by molar-refractivity contribution is 5.95. The molecule has 0 aliphatic heterocycles. The number of hydrogen-bond acceptors (Lipinski definition) is 3. The predicted octanol–water partition coefficient (Wildman–Crippen LogP) is 1.72. The second-order valence-corrected chi connectivity index (χ2v) is 4.63. The van der Waals surface area contributed by atoms with Gasteiger partial charge in [0.1, 0.15) is 0 Å². The Hall–Kier alpha value is -1.55. The van der Waals surface area contributed by atoms with E-state index in [9.17, 15) is 4.79 Å². The second kappa shape index (κ2) is 7.01. The summed E-state index contributed by atoms with van der Waals surface area (Å²) in [7, 11) is 0. The Morgan fingerprint density at radius 3 is 2.72 bits per heavy atom. The average Bonchev–Trinajstić information content (AvgIpc) is 2.32. The van der Waals surface area contributed by atoms with E-state index in [1.54, 1.807) is 6.07 Å². The molecule has 0 radical (unpaired) electrons. The first-order chi connectivity index (χ1) is 8.56. The molecule has 0 saturated heterocycles. The van der Waals surface area contributed by atoms with Gasteiger partial charge in [0.15, 0.2) is 0 Å². The van der Waals surface area contributed by atoms with Crippen molar-refractivity contribution in [3.8, 4) is 0 Å². The number of amides is 1. The highest BCUT2D eigenvalue weighted by Crippen LogP contribution is 2.12. The van der Waals surface area contributed by atoms with Crippen LogP contribution in [0.4, 0.5) is 5.69 Å². The summed E-state index contributed by atoms with van der Waals surface area (Å²) in [6.45, 7) is 4.71. The highest BCUT2D eigenvalue weighted by Gasteiger charge is 2.10. The van der Waals surface area contributed by atoms with E-state index < -0.39 is 0 Å². The number of carbonyl (C=O) groups excluding carboxylic acids is 1. The summed E-state index contributed by atoms with van der Waals surface area (Å²) >= 11 is 0. The Labute approximate surface area is 108 Å². The molecule has 0 heterocycles. The van der Waals surface area contributed by atoms with Crippen LogP contribution in [0.15, 0.2) is 18.2 Å². The van der Waals surface area contributed by atoms with Crippen molar-refractivity contribution in [2.24, 2.45) is 5.92 Å². The fraction of sp³-hybridized carbons (Fsp3) is 0.500. The van der Waals surface area contributed by atoms with Gasteiger partial charge in [0, 0.05) is 24.4 Å². The monoisotopic (exact) mass is 250 g/mol. The Kier molecular flexibility index (Phi) is 5.65. The van der Waals surface area contributed by atoms with E-state index >= 15 is 0 Å². The van der Waals surface area contributed by atoms with Gasteiger partial charge in [-0.1, -0.05) is 13.3 Å². The van der Waals surface area contributed by atoms with Crippen molar-refractivity contribution in [2.45, 2.75) is 26.7 Å². The first-order valence-electron chi connectivity index (χ1n) is 6.33. The van der Waals surface area contributed by atoms with E-state index in [4.69, 9.17) is 10.8 Å². The van der Waals surface area contributed by atoms with E-state index in [0.29, 0.717) is 30.1 Å². The van der Waals surface area contributed by atoms with Crippen LogP contribution in [-0.4, -0.2) is 24.2 Å². The lowest BCUT2D eigenvalue weighted by molar-refractivity contribution is 0.0943. The Morgan fingerprint density at radius 1 is 1.44 bits per heavy atom.